The molecule has 2 N–H and O–H groups in total. The van der Waals surface area contributed by atoms with Crippen molar-refractivity contribution in [3.8, 4) is 5.75 Å². The van der Waals surface area contributed by atoms with Crippen LogP contribution in [0.1, 0.15) is 53.4 Å². The molecule has 1 aromatic rings. The molecule has 13 heteroatoms. The number of amides is 1. The number of hydrogen-bond acceptors (Lipinski definition) is 7. The molecule has 0 atom stereocenters. The first kappa shape index (κ1) is 33.7. The third kappa shape index (κ3) is 7.19. The van der Waals surface area contributed by atoms with Crippen LogP contribution < -0.4 is 15.1 Å². The van der Waals surface area contributed by atoms with E-state index in [0.29, 0.717) is 31.1 Å². The number of unbranched alkanes of at least 4 members (excludes halogenated alkanes) is 1. The number of hydroxylamine groups is 1. The zero-order valence-electron chi connectivity index (χ0n) is 22.0. The van der Waals surface area contributed by atoms with Crippen LogP contribution in [0.3, 0.4) is 0 Å². The zero-order valence-corrected chi connectivity index (χ0v) is 24.5. The second-order valence-electron chi connectivity index (χ2n) is 10.3. The van der Waals surface area contributed by atoms with Gasteiger partial charge in [0.2, 0.25) is 10.0 Å². The molecule has 2 aliphatic rings. The summed E-state index contributed by atoms with van der Waals surface area (Å²) in [6.07, 6.45) is 2.06. The molecule has 0 saturated carbocycles. The normalized spacial score (nSPS) is 18.9. The first-order valence-corrected chi connectivity index (χ1v) is 13.8. The Labute approximate surface area is 232 Å². The second-order valence-corrected chi connectivity index (χ2v) is 12.5. The number of rotatable bonds is 8. The molecule has 2 heterocycles. The number of likely N-dealkylation sites (tertiary alicyclic amines) is 1. The number of nitrogens with zero attached hydrogens (tertiary/aromatic N) is 3. The molecule has 0 spiro atoms. The molecule has 2 fully saturated rings. The van der Waals surface area contributed by atoms with E-state index in [-0.39, 0.29) is 69.4 Å². The van der Waals surface area contributed by atoms with Crippen molar-refractivity contribution in [2.75, 3.05) is 50.8 Å². The highest BCUT2D eigenvalue weighted by Gasteiger charge is 2.55. The minimum Gasteiger partial charge on any atom is -0.493 e. The number of halogens is 3. The van der Waals surface area contributed by atoms with Crippen LogP contribution in [0.15, 0.2) is 18.2 Å². The molecule has 214 valence electrons. The van der Waals surface area contributed by atoms with Gasteiger partial charge in [-0.1, -0.05) is 13.3 Å². The molecule has 1 aromatic carbocycles. The van der Waals surface area contributed by atoms with Crippen molar-refractivity contribution in [3.05, 3.63) is 24.0 Å². The SMILES string of the molecule is CCCCOc1ccc(N2CCN(S(=O)(=O)C3(C(=O)NO)CCN(C(C)(C)C)CC3)CC2)c(F)c1.Cl.Cl. The number of carbonyl (C=O) groups is 1. The van der Waals surface area contributed by atoms with Gasteiger partial charge in [-0.3, -0.25) is 14.9 Å². The van der Waals surface area contributed by atoms with Crippen molar-refractivity contribution < 1.29 is 27.5 Å². The summed E-state index contributed by atoms with van der Waals surface area (Å²) in [5.74, 6) is -0.835. The number of ether oxygens (including phenoxy) is 1. The van der Waals surface area contributed by atoms with Gasteiger partial charge in [-0.15, -0.1) is 24.8 Å². The van der Waals surface area contributed by atoms with E-state index >= 15 is 0 Å². The summed E-state index contributed by atoms with van der Waals surface area (Å²) in [4.78, 5) is 16.7. The third-order valence-corrected chi connectivity index (χ3v) is 9.76. The highest BCUT2D eigenvalue weighted by atomic mass is 35.5. The van der Waals surface area contributed by atoms with E-state index in [1.54, 1.807) is 22.5 Å². The van der Waals surface area contributed by atoms with Gasteiger partial charge in [-0.25, -0.2) is 18.3 Å². The van der Waals surface area contributed by atoms with Gasteiger partial charge < -0.3 is 9.64 Å². The van der Waals surface area contributed by atoms with Gasteiger partial charge >= 0.3 is 0 Å². The molecule has 0 unspecified atom stereocenters. The smallest absolute Gasteiger partial charge is 0.266 e. The summed E-state index contributed by atoms with van der Waals surface area (Å²) in [7, 11) is -4.07. The summed E-state index contributed by atoms with van der Waals surface area (Å²) in [5, 5.41) is 9.40. The van der Waals surface area contributed by atoms with E-state index in [0.717, 1.165) is 12.8 Å². The van der Waals surface area contributed by atoms with Gasteiger partial charge in [0, 0.05) is 50.9 Å². The Kier molecular flexibility index (Phi) is 12.4. The first-order chi connectivity index (χ1) is 16.5. The van der Waals surface area contributed by atoms with Crippen LogP contribution in [0.2, 0.25) is 0 Å². The molecule has 0 aromatic heterocycles. The van der Waals surface area contributed by atoms with Gasteiger partial charge in [0.05, 0.1) is 12.3 Å². The lowest BCUT2D eigenvalue weighted by molar-refractivity contribution is -0.133. The van der Waals surface area contributed by atoms with Crippen molar-refractivity contribution >= 4 is 46.4 Å². The topological polar surface area (TPSA) is 102 Å². The van der Waals surface area contributed by atoms with Crippen LogP contribution in [-0.2, 0) is 14.8 Å². The standard InChI is InChI=1S/C24H39FN4O5S.2ClH/c1-5-6-17-34-19-7-8-21(20(25)18-19)27-13-15-29(16-14-27)35(32,33)24(22(30)26-31)9-11-28(12-10-24)23(2,3)4;;/h7-8,18,31H,5-6,9-17H2,1-4H3,(H,26,30);2*1H. The lowest BCUT2D eigenvalue weighted by Crippen LogP contribution is -2.64. The van der Waals surface area contributed by atoms with Crippen molar-refractivity contribution in [1.82, 2.24) is 14.7 Å². The summed E-state index contributed by atoms with van der Waals surface area (Å²) in [6.45, 7) is 10.4. The largest absolute Gasteiger partial charge is 0.493 e. The number of anilines is 1. The number of sulfonamides is 1. The Hall–Kier alpha value is -1.37. The fourth-order valence-electron chi connectivity index (χ4n) is 4.83. The van der Waals surface area contributed by atoms with Crippen molar-refractivity contribution in [2.45, 2.75) is 63.7 Å². The molecule has 0 bridgehead atoms. The molecule has 1 amide bonds. The molecule has 2 aliphatic heterocycles. The van der Waals surface area contributed by atoms with Crippen LogP contribution in [0.4, 0.5) is 10.1 Å². The summed E-state index contributed by atoms with van der Waals surface area (Å²) < 4.78 is 47.4. The first-order valence-electron chi connectivity index (χ1n) is 12.3. The van der Waals surface area contributed by atoms with Gasteiger partial charge in [-0.2, -0.15) is 4.31 Å². The van der Waals surface area contributed by atoms with E-state index < -0.39 is 26.5 Å². The molecular weight excluding hydrogens is 546 g/mol. The lowest BCUT2D eigenvalue weighted by Gasteiger charge is -2.47. The average molecular weight is 588 g/mol. The third-order valence-electron chi connectivity index (χ3n) is 7.13. The number of benzene rings is 1. The van der Waals surface area contributed by atoms with Crippen LogP contribution in [0, 0.1) is 5.82 Å². The Morgan fingerprint density at radius 1 is 1.11 bits per heavy atom. The maximum atomic E-state index is 14.8. The van der Waals surface area contributed by atoms with Gasteiger partial charge in [0.15, 0.2) is 4.75 Å². The van der Waals surface area contributed by atoms with Gasteiger partial charge in [0.25, 0.3) is 5.91 Å². The lowest BCUT2D eigenvalue weighted by atomic mass is 9.91. The monoisotopic (exact) mass is 586 g/mol. The van der Waals surface area contributed by atoms with Crippen LogP contribution in [-0.4, -0.2) is 84.9 Å². The summed E-state index contributed by atoms with van der Waals surface area (Å²) in [6, 6.07) is 4.74. The van der Waals surface area contributed by atoms with Crippen molar-refractivity contribution in [2.24, 2.45) is 0 Å². The fraction of sp³-hybridized carbons (Fsp3) is 0.708. The predicted molar refractivity (Wildman–Crippen MR) is 147 cm³/mol. The maximum absolute atomic E-state index is 14.8. The molecule has 3 rings (SSSR count). The fourth-order valence-corrected chi connectivity index (χ4v) is 6.94. The highest BCUT2D eigenvalue weighted by Crippen LogP contribution is 2.36. The number of carbonyl (C=O) groups excluding carboxylic acids is 1. The minimum atomic E-state index is -4.07. The predicted octanol–water partition coefficient (Wildman–Crippen LogP) is 3.44. The number of piperidine rings is 1. The molecule has 0 radical (unpaired) electrons. The van der Waals surface area contributed by atoms with Crippen LogP contribution in [0.25, 0.3) is 0 Å². The molecule has 37 heavy (non-hydrogen) atoms. The quantitative estimate of drug-likeness (QED) is 0.273. The highest BCUT2D eigenvalue weighted by molar-refractivity contribution is 7.91. The minimum absolute atomic E-state index is 0. The second kappa shape index (κ2) is 13.6. The molecular formula is C24H41Cl2FN4O5S. The maximum Gasteiger partial charge on any atom is 0.266 e. The van der Waals surface area contributed by atoms with Gasteiger partial charge in [0.1, 0.15) is 11.6 Å². The van der Waals surface area contributed by atoms with E-state index in [9.17, 15) is 22.8 Å². The zero-order chi connectivity index (χ0) is 25.9. The Balaban J connectivity index is 0.00000342. The van der Waals surface area contributed by atoms with E-state index in [1.165, 1.54) is 10.4 Å². The van der Waals surface area contributed by atoms with E-state index in [4.69, 9.17) is 4.74 Å². The van der Waals surface area contributed by atoms with E-state index in [2.05, 4.69) is 11.8 Å². The van der Waals surface area contributed by atoms with Crippen molar-refractivity contribution in [1.29, 1.82) is 0 Å². The van der Waals surface area contributed by atoms with Crippen LogP contribution in [0.5, 0.6) is 5.75 Å². The van der Waals surface area contributed by atoms with E-state index in [1.807, 2.05) is 20.8 Å². The molecule has 2 saturated heterocycles. The Morgan fingerprint density at radius 2 is 1.70 bits per heavy atom. The average Bonchev–Trinajstić information content (AvgIpc) is 2.83. The molecule has 0 aliphatic carbocycles. The number of nitrogens with one attached hydrogen (secondary N) is 1. The molecule has 9 nitrogen and oxygen atoms in total. The Morgan fingerprint density at radius 3 is 2.19 bits per heavy atom. The summed E-state index contributed by atoms with van der Waals surface area (Å²) >= 11 is 0. The number of hydrogen-bond donors (Lipinski definition) is 2. The van der Waals surface area contributed by atoms with Crippen molar-refractivity contribution in [3.63, 3.8) is 0 Å². The number of piperazine rings is 1. The van der Waals surface area contributed by atoms with Crippen LogP contribution >= 0.6 is 24.8 Å². The van der Waals surface area contributed by atoms with Gasteiger partial charge in [-0.05, 0) is 52.2 Å². The summed E-state index contributed by atoms with van der Waals surface area (Å²) in [5.41, 5.74) is 1.84. The Bertz CT molecular complexity index is 993.